The molecule has 0 fully saturated rings. The number of hydrogen-bond donors (Lipinski definition) is 2. The summed E-state index contributed by atoms with van der Waals surface area (Å²) in [5.74, 6) is 0.00951. The Morgan fingerprint density at radius 1 is 1.33 bits per heavy atom. The van der Waals surface area contributed by atoms with Gasteiger partial charge in [0.25, 0.3) is 0 Å². The summed E-state index contributed by atoms with van der Waals surface area (Å²) in [5.41, 5.74) is 6.75. The first-order chi connectivity index (χ1) is 9.32. The predicted octanol–water partition coefficient (Wildman–Crippen LogP) is 2.29. The lowest BCUT2D eigenvalue weighted by molar-refractivity contribution is -0.122. The Kier molecular flexibility index (Phi) is 8.90. The number of rotatable bonds is 7. The zero-order valence-electron chi connectivity index (χ0n) is 12.9. The van der Waals surface area contributed by atoms with E-state index in [1.165, 1.54) is 0 Å². The number of hydrogen-bond acceptors (Lipinski definition) is 3. The fraction of sp³-hybridized carbons (Fsp3) is 0.533. The lowest BCUT2D eigenvalue weighted by Crippen LogP contribution is -2.41. The van der Waals surface area contributed by atoms with Gasteiger partial charge in [0.15, 0.2) is 0 Å². The summed E-state index contributed by atoms with van der Waals surface area (Å²) < 4.78 is 0. The molecular formula is C15H25Cl2N3O. The zero-order valence-corrected chi connectivity index (χ0v) is 14.4. The Morgan fingerprint density at radius 2 is 1.90 bits per heavy atom. The standard InChI is InChI=1S/C15H24ClN3O.ClH/c1-15(2,10-17)11-19(3)9-14(20)18-8-12-4-6-13(16)7-5-12;/h4-7H,8-11,17H2,1-3H3,(H,18,20);1H. The topological polar surface area (TPSA) is 58.4 Å². The first kappa shape index (κ1) is 20.2. The molecule has 4 nitrogen and oxygen atoms in total. The minimum atomic E-state index is 0. The van der Waals surface area contributed by atoms with Gasteiger partial charge in [-0.2, -0.15) is 0 Å². The largest absolute Gasteiger partial charge is 0.351 e. The average Bonchev–Trinajstić information content (AvgIpc) is 2.37. The van der Waals surface area contributed by atoms with Crippen LogP contribution in [0.5, 0.6) is 0 Å². The normalized spacial score (nSPS) is 11.1. The molecule has 0 aromatic heterocycles. The SMILES string of the molecule is CN(CC(=O)NCc1ccc(Cl)cc1)CC(C)(C)CN.Cl. The molecule has 1 rings (SSSR count). The number of carbonyl (C=O) groups is 1. The lowest BCUT2D eigenvalue weighted by atomic mass is 9.93. The van der Waals surface area contributed by atoms with Crippen LogP contribution in [-0.2, 0) is 11.3 Å². The van der Waals surface area contributed by atoms with Crippen LogP contribution in [0.1, 0.15) is 19.4 Å². The van der Waals surface area contributed by atoms with Gasteiger partial charge in [-0.3, -0.25) is 9.69 Å². The molecule has 1 amide bonds. The van der Waals surface area contributed by atoms with E-state index in [0.29, 0.717) is 24.7 Å². The minimum Gasteiger partial charge on any atom is -0.351 e. The highest BCUT2D eigenvalue weighted by atomic mass is 35.5. The van der Waals surface area contributed by atoms with Crippen LogP contribution in [0.15, 0.2) is 24.3 Å². The highest BCUT2D eigenvalue weighted by Gasteiger charge is 2.19. The molecule has 21 heavy (non-hydrogen) atoms. The summed E-state index contributed by atoms with van der Waals surface area (Å²) in [6.07, 6.45) is 0. The summed E-state index contributed by atoms with van der Waals surface area (Å²) in [7, 11) is 1.93. The number of nitrogens with two attached hydrogens (primary N) is 1. The van der Waals surface area contributed by atoms with Gasteiger partial charge in [0.1, 0.15) is 0 Å². The highest BCUT2D eigenvalue weighted by Crippen LogP contribution is 2.13. The molecule has 1 aromatic carbocycles. The van der Waals surface area contributed by atoms with Crippen LogP contribution in [0, 0.1) is 5.41 Å². The van der Waals surface area contributed by atoms with Crippen LogP contribution < -0.4 is 11.1 Å². The van der Waals surface area contributed by atoms with Gasteiger partial charge in [0.05, 0.1) is 6.54 Å². The number of halogens is 2. The molecule has 0 heterocycles. The summed E-state index contributed by atoms with van der Waals surface area (Å²) in [6.45, 7) is 6.47. The number of amides is 1. The molecule has 0 bridgehead atoms. The third kappa shape index (κ3) is 8.27. The first-order valence-corrected chi connectivity index (χ1v) is 7.10. The van der Waals surface area contributed by atoms with E-state index < -0.39 is 0 Å². The Hall–Kier alpha value is -0.810. The van der Waals surface area contributed by atoms with E-state index in [9.17, 15) is 4.79 Å². The van der Waals surface area contributed by atoms with Crippen LogP contribution in [-0.4, -0.2) is 37.5 Å². The van der Waals surface area contributed by atoms with Crippen molar-refractivity contribution in [1.29, 1.82) is 0 Å². The van der Waals surface area contributed by atoms with Crippen molar-refractivity contribution in [3.63, 3.8) is 0 Å². The maximum Gasteiger partial charge on any atom is 0.234 e. The molecule has 0 unspecified atom stereocenters. The van der Waals surface area contributed by atoms with E-state index in [-0.39, 0.29) is 23.7 Å². The number of likely N-dealkylation sites (N-methyl/N-ethyl adjacent to an activating group) is 1. The zero-order chi connectivity index (χ0) is 15.2. The second-order valence-corrected chi connectivity index (χ2v) is 6.38. The highest BCUT2D eigenvalue weighted by molar-refractivity contribution is 6.30. The van der Waals surface area contributed by atoms with Crippen LogP contribution in [0.3, 0.4) is 0 Å². The van der Waals surface area contributed by atoms with Gasteiger partial charge in [0.2, 0.25) is 5.91 Å². The second kappa shape index (κ2) is 9.26. The maximum atomic E-state index is 11.9. The van der Waals surface area contributed by atoms with Crippen molar-refractivity contribution in [3.05, 3.63) is 34.9 Å². The molecule has 0 saturated heterocycles. The fourth-order valence-corrected chi connectivity index (χ4v) is 2.08. The Bertz CT molecular complexity index is 435. The van der Waals surface area contributed by atoms with E-state index in [1.54, 1.807) is 0 Å². The molecule has 0 saturated carbocycles. The molecule has 1 aromatic rings. The van der Waals surface area contributed by atoms with Gasteiger partial charge < -0.3 is 11.1 Å². The van der Waals surface area contributed by atoms with E-state index >= 15 is 0 Å². The van der Waals surface area contributed by atoms with E-state index in [0.717, 1.165) is 12.1 Å². The maximum absolute atomic E-state index is 11.9. The van der Waals surface area contributed by atoms with Crippen molar-refractivity contribution >= 4 is 29.9 Å². The summed E-state index contributed by atoms with van der Waals surface area (Å²) in [4.78, 5) is 13.8. The minimum absolute atomic E-state index is 0. The monoisotopic (exact) mass is 333 g/mol. The van der Waals surface area contributed by atoms with Crippen LogP contribution in [0.2, 0.25) is 5.02 Å². The molecule has 0 atom stereocenters. The smallest absolute Gasteiger partial charge is 0.234 e. The van der Waals surface area contributed by atoms with Crippen molar-refractivity contribution in [3.8, 4) is 0 Å². The van der Waals surface area contributed by atoms with Gasteiger partial charge in [-0.15, -0.1) is 12.4 Å². The third-order valence-corrected chi connectivity index (χ3v) is 3.32. The van der Waals surface area contributed by atoms with Crippen molar-refractivity contribution in [2.45, 2.75) is 20.4 Å². The van der Waals surface area contributed by atoms with Crippen molar-refractivity contribution in [2.24, 2.45) is 11.1 Å². The number of carbonyl (C=O) groups excluding carboxylic acids is 1. The molecule has 120 valence electrons. The third-order valence-electron chi connectivity index (χ3n) is 3.07. The van der Waals surface area contributed by atoms with Crippen molar-refractivity contribution < 1.29 is 4.79 Å². The second-order valence-electron chi connectivity index (χ2n) is 5.94. The molecule has 0 aliphatic heterocycles. The Labute approximate surface area is 138 Å². The van der Waals surface area contributed by atoms with E-state index in [4.69, 9.17) is 17.3 Å². The Morgan fingerprint density at radius 3 is 2.43 bits per heavy atom. The fourth-order valence-electron chi connectivity index (χ4n) is 1.96. The van der Waals surface area contributed by atoms with E-state index in [1.807, 2.05) is 36.2 Å². The average molecular weight is 334 g/mol. The molecule has 0 spiro atoms. The first-order valence-electron chi connectivity index (χ1n) is 6.72. The predicted molar refractivity (Wildman–Crippen MR) is 90.9 cm³/mol. The van der Waals surface area contributed by atoms with E-state index in [2.05, 4.69) is 19.2 Å². The van der Waals surface area contributed by atoms with Crippen LogP contribution in [0.25, 0.3) is 0 Å². The van der Waals surface area contributed by atoms with Crippen molar-refractivity contribution in [2.75, 3.05) is 26.7 Å². The molecule has 6 heteroatoms. The molecule has 3 N–H and O–H groups in total. The number of nitrogens with zero attached hydrogens (tertiary/aromatic N) is 1. The van der Waals surface area contributed by atoms with Crippen LogP contribution in [0.4, 0.5) is 0 Å². The quantitative estimate of drug-likeness (QED) is 0.804. The van der Waals surface area contributed by atoms with Crippen LogP contribution >= 0.6 is 24.0 Å². The Balaban J connectivity index is 0.00000400. The van der Waals surface area contributed by atoms with Crippen molar-refractivity contribution in [1.82, 2.24) is 10.2 Å². The molecule has 0 aliphatic carbocycles. The van der Waals surface area contributed by atoms with Gasteiger partial charge in [0, 0.05) is 18.1 Å². The number of benzene rings is 1. The summed E-state index contributed by atoms with van der Waals surface area (Å²) in [6, 6.07) is 7.45. The van der Waals surface area contributed by atoms with Gasteiger partial charge in [-0.25, -0.2) is 0 Å². The summed E-state index contributed by atoms with van der Waals surface area (Å²) >= 11 is 5.81. The lowest BCUT2D eigenvalue weighted by Gasteiger charge is -2.28. The van der Waals surface area contributed by atoms with Gasteiger partial charge >= 0.3 is 0 Å². The van der Waals surface area contributed by atoms with Gasteiger partial charge in [-0.05, 0) is 36.7 Å². The molecule has 0 aliphatic rings. The van der Waals surface area contributed by atoms with Gasteiger partial charge in [-0.1, -0.05) is 37.6 Å². The molecular weight excluding hydrogens is 309 g/mol. The molecule has 0 radical (unpaired) electrons. The number of nitrogens with one attached hydrogen (secondary N) is 1. The summed E-state index contributed by atoms with van der Waals surface area (Å²) in [5, 5.41) is 3.60.